The number of hydrogen-bond acceptors (Lipinski definition) is 4. The van der Waals surface area contributed by atoms with Crippen molar-refractivity contribution in [3.8, 4) is 48.4 Å². The van der Waals surface area contributed by atoms with Gasteiger partial charge in [-0.05, 0) is 68.4 Å². The molecule has 1 atom stereocenters. The molecular weight excluding hydrogens is 424 g/mol. The first-order valence-corrected chi connectivity index (χ1v) is 12.2. The van der Waals surface area contributed by atoms with Crippen LogP contribution in [0.25, 0.3) is 0 Å². The topological polar surface area (TPSA) is 74.6 Å². The number of allylic oxidation sites excluding steroid dienone is 3. The molecule has 0 rings (SSSR count). The Balaban J connectivity index is 3.68. The fourth-order valence-corrected chi connectivity index (χ4v) is 2.97. The van der Waals surface area contributed by atoms with Gasteiger partial charge in [-0.15, -0.1) is 12.8 Å². The number of rotatable bonds is 17. The number of carbonyl (C=O) groups is 2. The summed E-state index contributed by atoms with van der Waals surface area (Å²) < 4.78 is 0. The van der Waals surface area contributed by atoms with Crippen LogP contribution in [0.1, 0.15) is 96.3 Å². The zero-order valence-electron chi connectivity index (χ0n) is 20.3. The number of aliphatic hydroxyl groups excluding tert-OH is 2. The molecule has 0 amide bonds. The largest absolute Gasteiger partial charge is 0.501 e. The molecule has 4 heteroatoms. The molecule has 182 valence electrons. The van der Waals surface area contributed by atoms with Crippen LogP contribution >= 0.6 is 0 Å². The van der Waals surface area contributed by atoms with Gasteiger partial charge in [0.25, 0.3) is 0 Å². The van der Waals surface area contributed by atoms with Crippen molar-refractivity contribution in [1.29, 1.82) is 0 Å². The lowest BCUT2D eigenvalue weighted by atomic mass is 10.1. The summed E-state index contributed by atoms with van der Waals surface area (Å²) in [6.07, 6.45) is 27.0. The summed E-state index contributed by atoms with van der Waals surface area (Å²) in [6.45, 7) is 0. The molecular formula is C30H38O4. The van der Waals surface area contributed by atoms with Crippen LogP contribution in [0.3, 0.4) is 0 Å². The summed E-state index contributed by atoms with van der Waals surface area (Å²) in [5.74, 6) is 15.0. The van der Waals surface area contributed by atoms with Crippen molar-refractivity contribution in [3.63, 3.8) is 0 Å². The van der Waals surface area contributed by atoms with E-state index in [1.54, 1.807) is 12.2 Å². The van der Waals surface area contributed by atoms with Crippen molar-refractivity contribution in [1.82, 2.24) is 0 Å². The molecule has 0 bridgehead atoms. The zero-order valence-corrected chi connectivity index (χ0v) is 20.3. The molecule has 0 heterocycles. The number of unbranched alkanes of at least 4 members (excludes halogenated alkanes) is 11. The number of ketones is 2. The lowest BCUT2D eigenvalue weighted by Crippen LogP contribution is -2.00. The normalized spacial score (nSPS) is 11.4. The van der Waals surface area contributed by atoms with E-state index in [2.05, 4.69) is 35.5 Å². The molecule has 4 nitrogen and oxygen atoms in total. The summed E-state index contributed by atoms with van der Waals surface area (Å²) in [5.41, 5.74) is 0. The van der Waals surface area contributed by atoms with E-state index >= 15 is 0 Å². The van der Waals surface area contributed by atoms with Crippen molar-refractivity contribution in [2.24, 2.45) is 0 Å². The Morgan fingerprint density at radius 1 is 0.765 bits per heavy atom. The highest BCUT2D eigenvalue weighted by Crippen LogP contribution is 2.08. The Morgan fingerprint density at radius 2 is 1.26 bits per heavy atom. The second-order valence-corrected chi connectivity index (χ2v) is 7.98. The van der Waals surface area contributed by atoms with Crippen LogP contribution in [0, 0.1) is 48.4 Å². The first kappa shape index (κ1) is 30.8. The molecule has 0 aliphatic rings. The maximum Gasteiger partial charge on any atom is 0.205 e. The van der Waals surface area contributed by atoms with Gasteiger partial charge in [0.2, 0.25) is 11.6 Å². The third-order valence-corrected chi connectivity index (χ3v) is 4.94. The third kappa shape index (κ3) is 22.0. The van der Waals surface area contributed by atoms with E-state index in [4.69, 9.17) is 18.0 Å². The van der Waals surface area contributed by atoms with Gasteiger partial charge in [-0.25, -0.2) is 0 Å². The molecule has 0 aliphatic carbocycles. The van der Waals surface area contributed by atoms with E-state index in [1.807, 2.05) is 6.08 Å². The fraction of sp³-hybridized carbons (Fsp3) is 0.533. The van der Waals surface area contributed by atoms with Crippen LogP contribution in [-0.4, -0.2) is 27.9 Å². The van der Waals surface area contributed by atoms with Crippen LogP contribution < -0.4 is 0 Å². The molecule has 0 aliphatic heterocycles. The second-order valence-electron chi connectivity index (χ2n) is 7.98. The van der Waals surface area contributed by atoms with Crippen LogP contribution in [0.15, 0.2) is 24.0 Å². The number of aliphatic hydroxyl groups is 2. The Morgan fingerprint density at radius 3 is 1.79 bits per heavy atom. The lowest BCUT2D eigenvalue weighted by molar-refractivity contribution is -0.118. The van der Waals surface area contributed by atoms with E-state index < -0.39 is 6.10 Å². The van der Waals surface area contributed by atoms with Gasteiger partial charge in [-0.1, -0.05) is 55.9 Å². The van der Waals surface area contributed by atoms with E-state index in [0.29, 0.717) is 12.8 Å². The lowest BCUT2D eigenvalue weighted by Gasteiger charge is -1.97. The second kappa shape index (κ2) is 23.0. The van der Waals surface area contributed by atoms with E-state index in [0.717, 1.165) is 70.6 Å². The SMILES string of the molecule is C#C/C(O)=C/CCCCCCCC#CC(=O)CCC(=O)C#CCCCCCC/C=C/C(O)C#C. The maximum atomic E-state index is 11.8. The molecule has 1 unspecified atom stereocenters. The van der Waals surface area contributed by atoms with E-state index in [1.165, 1.54) is 0 Å². The van der Waals surface area contributed by atoms with Crippen molar-refractivity contribution in [3.05, 3.63) is 24.0 Å². The fourth-order valence-electron chi connectivity index (χ4n) is 2.97. The van der Waals surface area contributed by atoms with Gasteiger partial charge in [-0.3, -0.25) is 9.59 Å². The van der Waals surface area contributed by atoms with Gasteiger partial charge < -0.3 is 10.2 Å². The first-order valence-electron chi connectivity index (χ1n) is 12.2. The number of terminal acetylenes is 2. The van der Waals surface area contributed by atoms with Crippen molar-refractivity contribution in [2.75, 3.05) is 0 Å². The van der Waals surface area contributed by atoms with Crippen LogP contribution in [0.2, 0.25) is 0 Å². The van der Waals surface area contributed by atoms with Gasteiger partial charge in [0.1, 0.15) is 6.10 Å². The van der Waals surface area contributed by atoms with Crippen LogP contribution in [0.4, 0.5) is 0 Å². The van der Waals surface area contributed by atoms with Crippen molar-refractivity contribution in [2.45, 2.75) is 102 Å². The summed E-state index contributed by atoms with van der Waals surface area (Å²) >= 11 is 0. The molecule has 0 saturated heterocycles. The van der Waals surface area contributed by atoms with Gasteiger partial charge in [0, 0.05) is 25.7 Å². The van der Waals surface area contributed by atoms with Crippen molar-refractivity contribution < 1.29 is 19.8 Å². The van der Waals surface area contributed by atoms with Gasteiger partial charge in [-0.2, -0.15) is 0 Å². The van der Waals surface area contributed by atoms with E-state index in [9.17, 15) is 14.7 Å². The molecule has 0 fully saturated rings. The molecule has 2 N–H and O–H groups in total. The summed E-state index contributed by atoms with van der Waals surface area (Å²) in [4.78, 5) is 23.5. The predicted molar refractivity (Wildman–Crippen MR) is 138 cm³/mol. The summed E-state index contributed by atoms with van der Waals surface area (Å²) in [5, 5.41) is 18.3. The zero-order chi connectivity index (χ0) is 25.3. The van der Waals surface area contributed by atoms with E-state index in [-0.39, 0.29) is 30.2 Å². The summed E-state index contributed by atoms with van der Waals surface area (Å²) in [6, 6.07) is 0. The standard InChI is InChI=1S/C30H38O4/c1-3-27(31)21-17-13-9-5-7-11-15-19-23-29(33)25-26-30(34)24-20-16-12-8-6-10-14-18-22-28(32)4-2/h1-2,17,21-22,27,31-32H,5-16,18,25-26H2/b21-17+,28-22-. The molecule has 0 aromatic heterocycles. The Hall–Kier alpha value is -3.18. The molecule has 0 radical (unpaired) electrons. The Kier molecular flexibility index (Phi) is 20.8. The highest BCUT2D eigenvalue weighted by molar-refractivity contribution is 6.01. The molecule has 0 aromatic carbocycles. The maximum absolute atomic E-state index is 11.8. The van der Waals surface area contributed by atoms with Gasteiger partial charge in [0.05, 0.1) is 0 Å². The molecule has 0 aromatic rings. The average Bonchev–Trinajstić information content (AvgIpc) is 2.84. The monoisotopic (exact) mass is 462 g/mol. The highest BCUT2D eigenvalue weighted by Gasteiger charge is 2.02. The number of carbonyl (C=O) groups excluding carboxylic acids is 2. The minimum atomic E-state index is -0.799. The minimum Gasteiger partial charge on any atom is -0.501 e. The highest BCUT2D eigenvalue weighted by atomic mass is 16.3. The molecule has 34 heavy (non-hydrogen) atoms. The quantitative estimate of drug-likeness (QED) is 0.0969. The Labute approximate surface area is 206 Å². The predicted octanol–water partition coefficient (Wildman–Crippen LogP) is 5.61. The van der Waals surface area contributed by atoms with Gasteiger partial charge in [0.15, 0.2) is 5.76 Å². The first-order chi connectivity index (χ1) is 16.5. The number of Topliss-reactive ketones (excluding diaryl/α,β-unsaturated/α-hetero) is 2. The summed E-state index contributed by atoms with van der Waals surface area (Å²) in [7, 11) is 0. The van der Waals surface area contributed by atoms with Crippen LogP contribution in [-0.2, 0) is 9.59 Å². The number of hydrogen-bond donors (Lipinski definition) is 2. The third-order valence-electron chi connectivity index (χ3n) is 4.94. The molecule has 0 spiro atoms. The average molecular weight is 463 g/mol. The van der Waals surface area contributed by atoms with Crippen molar-refractivity contribution >= 4 is 11.6 Å². The molecule has 0 saturated carbocycles. The smallest absolute Gasteiger partial charge is 0.205 e. The van der Waals surface area contributed by atoms with Gasteiger partial charge >= 0.3 is 0 Å². The van der Waals surface area contributed by atoms with Crippen LogP contribution in [0.5, 0.6) is 0 Å². The minimum absolute atomic E-state index is 0.000536. The Bertz CT molecular complexity index is 856.